The second-order valence-electron chi connectivity index (χ2n) is 7.77. The fourth-order valence-corrected chi connectivity index (χ4v) is 4.49. The van der Waals surface area contributed by atoms with E-state index in [0.717, 1.165) is 38.9 Å². The molecule has 0 saturated carbocycles. The normalized spacial score (nSPS) is 23.4. The number of aromatic nitrogens is 1. The number of carbonyl (C=O) groups excluding carboxylic acids is 2. The monoisotopic (exact) mass is 378 g/mol. The molecule has 2 aliphatic heterocycles. The summed E-state index contributed by atoms with van der Waals surface area (Å²) in [6.45, 7) is 2.73. The molecule has 1 aromatic carbocycles. The molecule has 1 aromatic heterocycles. The zero-order chi connectivity index (χ0) is 19.4. The van der Waals surface area contributed by atoms with E-state index in [1.54, 1.807) is 0 Å². The molecule has 2 fully saturated rings. The molecule has 146 valence electrons. The Bertz CT molecular complexity index is 819. The van der Waals surface area contributed by atoms with Crippen LogP contribution in [0.25, 0.3) is 0 Å². The van der Waals surface area contributed by atoms with Gasteiger partial charge in [-0.15, -0.1) is 0 Å². The van der Waals surface area contributed by atoms with Crippen LogP contribution < -0.4 is 10.6 Å². The van der Waals surface area contributed by atoms with Crippen LogP contribution in [0.2, 0.25) is 0 Å². The highest BCUT2D eigenvalue weighted by atomic mass is 16.2. The number of benzene rings is 1. The average molecular weight is 378 g/mol. The molecule has 4 rings (SSSR count). The summed E-state index contributed by atoms with van der Waals surface area (Å²) in [6, 6.07) is 13.9. The van der Waals surface area contributed by atoms with Crippen LogP contribution in [0.3, 0.4) is 0 Å². The van der Waals surface area contributed by atoms with Crippen LogP contribution in [0.1, 0.15) is 30.4 Å². The molecule has 0 bridgehead atoms. The molecule has 2 saturated heterocycles. The van der Waals surface area contributed by atoms with Crippen LogP contribution in [0.4, 0.5) is 4.79 Å². The SMILES string of the molecule is O=C1NC(=O)[C@](CCc2ccccc2)(C2CCN(Cc3ccncc3)CC2)N1. The molecule has 0 unspecified atom stereocenters. The van der Waals surface area contributed by atoms with Crippen LogP contribution in [-0.2, 0) is 17.8 Å². The number of hydrogen-bond acceptors (Lipinski definition) is 4. The largest absolute Gasteiger partial charge is 0.323 e. The molecule has 28 heavy (non-hydrogen) atoms. The van der Waals surface area contributed by atoms with Crippen molar-refractivity contribution in [1.82, 2.24) is 20.5 Å². The molecule has 3 heterocycles. The first kappa shape index (κ1) is 18.6. The number of nitrogens with zero attached hydrogens (tertiary/aromatic N) is 2. The minimum Gasteiger partial charge on any atom is -0.323 e. The van der Waals surface area contributed by atoms with Gasteiger partial charge < -0.3 is 5.32 Å². The lowest BCUT2D eigenvalue weighted by Gasteiger charge is -2.40. The van der Waals surface area contributed by atoms with Gasteiger partial charge in [-0.3, -0.25) is 20.0 Å². The number of pyridine rings is 1. The fourth-order valence-electron chi connectivity index (χ4n) is 4.49. The lowest BCUT2D eigenvalue weighted by molar-refractivity contribution is -0.127. The number of nitrogens with one attached hydrogen (secondary N) is 2. The number of imide groups is 1. The van der Waals surface area contributed by atoms with Gasteiger partial charge in [-0.25, -0.2) is 4.79 Å². The van der Waals surface area contributed by atoms with Gasteiger partial charge in [0.25, 0.3) is 5.91 Å². The summed E-state index contributed by atoms with van der Waals surface area (Å²) in [5.74, 6) is -0.0163. The van der Waals surface area contributed by atoms with E-state index >= 15 is 0 Å². The Balaban J connectivity index is 1.43. The smallest absolute Gasteiger partial charge is 0.322 e. The van der Waals surface area contributed by atoms with Crippen molar-refractivity contribution in [1.29, 1.82) is 0 Å². The summed E-state index contributed by atoms with van der Waals surface area (Å²) < 4.78 is 0. The molecular weight excluding hydrogens is 352 g/mol. The molecule has 0 aliphatic carbocycles. The van der Waals surface area contributed by atoms with Gasteiger partial charge in [-0.2, -0.15) is 0 Å². The predicted octanol–water partition coefficient (Wildman–Crippen LogP) is 2.50. The van der Waals surface area contributed by atoms with Gasteiger partial charge in [0.15, 0.2) is 0 Å². The van der Waals surface area contributed by atoms with Crippen LogP contribution >= 0.6 is 0 Å². The van der Waals surface area contributed by atoms with Crippen molar-refractivity contribution in [3.63, 3.8) is 0 Å². The number of piperidine rings is 1. The summed E-state index contributed by atoms with van der Waals surface area (Å²) in [6.07, 6.45) is 6.83. The molecule has 2 N–H and O–H groups in total. The molecule has 1 atom stereocenters. The number of aryl methyl sites for hydroxylation is 1. The van der Waals surface area contributed by atoms with E-state index < -0.39 is 5.54 Å². The Morgan fingerprint density at radius 1 is 1.00 bits per heavy atom. The van der Waals surface area contributed by atoms with E-state index in [2.05, 4.69) is 32.7 Å². The number of likely N-dealkylation sites (tertiary alicyclic amines) is 1. The molecule has 2 aliphatic rings. The zero-order valence-corrected chi connectivity index (χ0v) is 15.9. The maximum absolute atomic E-state index is 12.8. The second-order valence-corrected chi connectivity index (χ2v) is 7.77. The first-order valence-corrected chi connectivity index (χ1v) is 9.94. The quantitative estimate of drug-likeness (QED) is 0.758. The van der Waals surface area contributed by atoms with Crippen LogP contribution in [-0.4, -0.2) is 40.5 Å². The van der Waals surface area contributed by atoms with E-state index in [1.165, 1.54) is 11.1 Å². The summed E-state index contributed by atoms with van der Waals surface area (Å²) >= 11 is 0. The van der Waals surface area contributed by atoms with Gasteiger partial charge in [0.05, 0.1) is 0 Å². The molecule has 6 nitrogen and oxygen atoms in total. The van der Waals surface area contributed by atoms with Gasteiger partial charge in [0, 0.05) is 18.9 Å². The zero-order valence-electron chi connectivity index (χ0n) is 15.9. The van der Waals surface area contributed by atoms with Gasteiger partial charge in [0.1, 0.15) is 5.54 Å². The van der Waals surface area contributed by atoms with Crippen LogP contribution in [0, 0.1) is 5.92 Å². The van der Waals surface area contributed by atoms with Gasteiger partial charge in [0.2, 0.25) is 0 Å². The third-order valence-corrected chi connectivity index (χ3v) is 6.06. The number of rotatable bonds is 6. The van der Waals surface area contributed by atoms with E-state index in [-0.39, 0.29) is 17.9 Å². The summed E-state index contributed by atoms with van der Waals surface area (Å²) in [4.78, 5) is 31.2. The van der Waals surface area contributed by atoms with E-state index in [9.17, 15) is 9.59 Å². The van der Waals surface area contributed by atoms with E-state index in [0.29, 0.717) is 6.42 Å². The number of urea groups is 1. The van der Waals surface area contributed by atoms with Crippen molar-refractivity contribution in [2.45, 2.75) is 37.8 Å². The standard InChI is InChI=1S/C22H26N4O2/c27-20-22(25-21(28)24-20,11-6-17-4-2-1-3-5-17)19-9-14-26(15-10-19)16-18-7-12-23-13-8-18/h1-5,7-8,12-13,19H,6,9-11,14-16H2,(H2,24,25,27,28)/t22-/m0/s1. The van der Waals surface area contributed by atoms with Gasteiger partial charge >= 0.3 is 6.03 Å². The Labute approximate surface area is 165 Å². The van der Waals surface area contributed by atoms with Gasteiger partial charge in [-0.1, -0.05) is 30.3 Å². The van der Waals surface area contributed by atoms with Crippen LogP contribution in [0.15, 0.2) is 54.9 Å². The number of amides is 3. The topological polar surface area (TPSA) is 74.3 Å². The highest BCUT2D eigenvalue weighted by molar-refractivity contribution is 6.07. The summed E-state index contributed by atoms with van der Waals surface area (Å²) in [5.41, 5.74) is 1.64. The molecule has 2 aromatic rings. The Kier molecular flexibility index (Phi) is 5.39. The maximum Gasteiger partial charge on any atom is 0.322 e. The third kappa shape index (κ3) is 3.92. The van der Waals surface area contributed by atoms with Crippen molar-refractivity contribution >= 4 is 11.9 Å². The second kappa shape index (κ2) is 8.10. The summed E-state index contributed by atoms with van der Waals surface area (Å²) in [5, 5.41) is 5.48. The molecular formula is C22H26N4O2. The molecule has 0 radical (unpaired) electrons. The van der Waals surface area contributed by atoms with Gasteiger partial charge in [-0.05, 0) is 68.0 Å². The minimum atomic E-state index is -0.796. The molecule has 6 heteroatoms. The van der Waals surface area contributed by atoms with Crippen molar-refractivity contribution in [3.8, 4) is 0 Å². The Hall–Kier alpha value is -2.73. The van der Waals surface area contributed by atoms with Crippen molar-refractivity contribution < 1.29 is 9.59 Å². The highest BCUT2D eigenvalue weighted by Gasteiger charge is 2.51. The van der Waals surface area contributed by atoms with Crippen molar-refractivity contribution in [3.05, 3.63) is 66.0 Å². The average Bonchev–Trinajstić information content (AvgIpc) is 3.02. The lowest BCUT2D eigenvalue weighted by atomic mass is 9.74. The maximum atomic E-state index is 12.8. The lowest BCUT2D eigenvalue weighted by Crippen LogP contribution is -2.56. The first-order chi connectivity index (χ1) is 13.7. The number of carbonyl (C=O) groups is 2. The van der Waals surface area contributed by atoms with Crippen LogP contribution in [0.5, 0.6) is 0 Å². The third-order valence-electron chi connectivity index (χ3n) is 6.06. The molecule has 0 spiro atoms. The van der Waals surface area contributed by atoms with Crippen molar-refractivity contribution in [2.24, 2.45) is 5.92 Å². The fraction of sp³-hybridized carbons (Fsp3) is 0.409. The summed E-state index contributed by atoms with van der Waals surface area (Å²) in [7, 11) is 0. The predicted molar refractivity (Wildman–Crippen MR) is 106 cm³/mol. The minimum absolute atomic E-state index is 0.149. The molecule has 3 amide bonds. The number of hydrogen-bond donors (Lipinski definition) is 2. The van der Waals surface area contributed by atoms with E-state index in [4.69, 9.17) is 0 Å². The van der Waals surface area contributed by atoms with Crippen molar-refractivity contribution in [2.75, 3.05) is 13.1 Å². The van der Waals surface area contributed by atoms with E-state index in [1.807, 2.05) is 42.7 Å². The Morgan fingerprint density at radius 3 is 2.36 bits per heavy atom. The first-order valence-electron chi connectivity index (χ1n) is 9.94. The highest BCUT2D eigenvalue weighted by Crippen LogP contribution is 2.35. The Morgan fingerprint density at radius 2 is 1.71 bits per heavy atom.